The van der Waals surface area contributed by atoms with E-state index in [1.54, 1.807) is 0 Å². The summed E-state index contributed by atoms with van der Waals surface area (Å²) in [5.41, 5.74) is 6.58. The molecule has 10 nitrogen and oxygen atoms in total. The summed E-state index contributed by atoms with van der Waals surface area (Å²) < 4.78 is 12.6. The summed E-state index contributed by atoms with van der Waals surface area (Å²) in [6.07, 6.45) is 1.22. The van der Waals surface area contributed by atoms with Gasteiger partial charge in [0, 0.05) is 0 Å². The lowest BCUT2D eigenvalue weighted by Crippen LogP contribution is -2.32. The van der Waals surface area contributed by atoms with Crippen LogP contribution in [0.4, 0.5) is 5.82 Å². The highest BCUT2D eigenvalue weighted by Crippen LogP contribution is 2.32. The number of fused-ring (bicyclic) bond motifs is 1. The second kappa shape index (κ2) is 6.21. The number of nitrogens with zero attached hydrogens (tertiary/aromatic N) is 4. The van der Waals surface area contributed by atoms with E-state index in [-0.39, 0.29) is 17.9 Å². The Morgan fingerprint density at radius 3 is 2.72 bits per heavy atom. The summed E-state index contributed by atoms with van der Waals surface area (Å²) in [7, 11) is 0. The molecule has 4 rings (SSSR count). The molecule has 3 heterocycles. The zero-order chi connectivity index (χ0) is 17.6. The van der Waals surface area contributed by atoms with E-state index in [2.05, 4.69) is 15.0 Å². The smallest absolute Gasteiger partial charge is 0.320 e. The van der Waals surface area contributed by atoms with E-state index in [1.165, 1.54) is 10.9 Å². The number of rotatable bonds is 4. The van der Waals surface area contributed by atoms with Crippen LogP contribution >= 0.6 is 0 Å². The quantitative estimate of drug-likeness (QED) is 0.624. The van der Waals surface area contributed by atoms with Gasteiger partial charge in [-0.25, -0.2) is 4.98 Å². The van der Waals surface area contributed by atoms with E-state index in [0.29, 0.717) is 17.5 Å². The number of aldehydes is 1. The summed E-state index contributed by atoms with van der Waals surface area (Å²) in [6.45, 7) is 0. The first-order chi connectivity index (χ1) is 12.1. The van der Waals surface area contributed by atoms with E-state index in [0.717, 1.165) is 25.7 Å². The summed E-state index contributed by atoms with van der Waals surface area (Å²) in [4.78, 5) is 23.6. The van der Waals surface area contributed by atoms with Crippen molar-refractivity contribution in [1.82, 2.24) is 19.5 Å². The normalized spacial score (nSPS) is 30.2. The molecule has 2 fully saturated rings. The van der Waals surface area contributed by atoms with Crippen molar-refractivity contribution in [2.45, 2.75) is 56.3 Å². The Morgan fingerprint density at radius 1 is 1.28 bits per heavy atom. The summed E-state index contributed by atoms with van der Waals surface area (Å²) in [5.74, 6) is 0.150. The second-order valence-corrected chi connectivity index (χ2v) is 6.35. The van der Waals surface area contributed by atoms with Crippen LogP contribution in [0.3, 0.4) is 0 Å². The van der Waals surface area contributed by atoms with Crippen LogP contribution in [-0.2, 0) is 9.53 Å². The molecule has 1 saturated carbocycles. The molecule has 0 aromatic carbocycles. The minimum absolute atomic E-state index is 0.0582. The molecule has 25 heavy (non-hydrogen) atoms. The van der Waals surface area contributed by atoms with Gasteiger partial charge in [-0.2, -0.15) is 9.97 Å². The van der Waals surface area contributed by atoms with Crippen molar-refractivity contribution >= 4 is 23.3 Å². The number of aromatic nitrogens is 4. The minimum Gasteiger partial charge on any atom is -0.460 e. The van der Waals surface area contributed by atoms with Gasteiger partial charge in [0.15, 0.2) is 29.5 Å². The summed E-state index contributed by atoms with van der Waals surface area (Å²) >= 11 is 0. The van der Waals surface area contributed by atoms with Crippen molar-refractivity contribution in [3.05, 3.63) is 6.33 Å². The number of hydrogen-bond donors (Lipinski definition) is 3. The van der Waals surface area contributed by atoms with Gasteiger partial charge in [-0.05, 0) is 25.7 Å². The van der Waals surface area contributed by atoms with Crippen molar-refractivity contribution in [2.75, 3.05) is 5.73 Å². The number of ether oxygens (including phenoxy) is 2. The molecule has 0 amide bonds. The zero-order valence-electron chi connectivity index (χ0n) is 13.4. The Hall–Kier alpha value is -2.30. The fraction of sp³-hybridized carbons (Fsp3) is 0.600. The highest BCUT2D eigenvalue weighted by molar-refractivity contribution is 5.82. The third-order valence-corrected chi connectivity index (χ3v) is 4.69. The van der Waals surface area contributed by atoms with Crippen LogP contribution in [0.25, 0.3) is 11.2 Å². The molecule has 0 spiro atoms. The number of nitrogen functional groups attached to an aromatic ring is 1. The fourth-order valence-electron chi connectivity index (χ4n) is 3.34. The van der Waals surface area contributed by atoms with Gasteiger partial charge < -0.3 is 30.2 Å². The third kappa shape index (κ3) is 2.71. The maximum absolute atomic E-state index is 11.0. The third-order valence-electron chi connectivity index (χ3n) is 4.69. The lowest BCUT2D eigenvalue weighted by Gasteiger charge is -2.17. The number of carbonyl (C=O) groups excluding carboxylic acids is 1. The number of aliphatic hydroxyl groups excluding tert-OH is 2. The Morgan fingerprint density at radius 2 is 2.04 bits per heavy atom. The van der Waals surface area contributed by atoms with Crippen molar-refractivity contribution in [3.63, 3.8) is 0 Å². The Labute approximate surface area is 142 Å². The van der Waals surface area contributed by atoms with E-state index >= 15 is 0 Å². The standard InChI is InChI=1S/C15H19N5O5/c16-12-9-13(19-15(18-12)24-7-3-1-2-4-7)20(6-17-9)14-11(23)10(22)8(5-21)25-14/h5-8,10-11,14,22-23H,1-4H2,(H2,16,18,19)/t8-,10+,11+,14+/m0/s1. The van der Waals surface area contributed by atoms with E-state index < -0.39 is 24.5 Å². The van der Waals surface area contributed by atoms with Crippen LogP contribution in [0.5, 0.6) is 6.01 Å². The van der Waals surface area contributed by atoms with Gasteiger partial charge in [-0.15, -0.1) is 0 Å². The van der Waals surface area contributed by atoms with E-state index in [9.17, 15) is 15.0 Å². The highest BCUT2D eigenvalue weighted by atomic mass is 16.6. The van der Waals surface area contributed by atoms with Crippen LogP contribution in [0.1, 0.15) is 31.9 Å². The number of aliphatic hydroxyl groups is 2. The van der Waals surface area contributed by atoms with Crippen LogP contribution in [0.2, 0.25) is 0 Å². The molecule has 4 atom stereocenters. The summed E-state index contributed by atoms with van der Waals surface area (Å²) in [6, 6.07) is 0.138. The van der Waals surface area contributed by atoms with Crippen molar-refractivity contribution in [1.29, 1.82) is 0 Å². The number of anilines is 1. The number of nitrogens with two attached hydrogens (primary N) is 1. The van der Waals surface area contributed by atoms with Crippen molar-refractivity contribution in [2.24, 2.45) is 0 Å². The zero-order valence-corrected chi connectivity index (χ0v) is 13.4. The van der Waals surface area contributed by atoms with Gasteiger partial charge in [-0.1, -0.05) is 0 Å². The van der Waals surface area contributed by atoms with E-state index in [1.807, 2.05) is 0 Å². The Bertz CT molecular complexity index is 790. The van der Waals surface area contributed by atoms with Crippen LogP contribution in [0.15, 0.2) is 6.33 Å². The molecule has 4 N–H and O–H groups in total. The van der Waals surface area contributed by atoms with E-state index in [4.69, 9.17) is 15.2 Å². The maximum atomic E-state index is 11.0. The average Bonchev–Trinajstić information content (AvgIpc) is 3.30. The monoisotopic (exact) mass is 349 g/mol. The average molecular weight is 349 g/mol. The summed E-state index contributed by atoms with van der Waals surface area (Å²) in [5, 5.41) is 20.0. The van der Waals surface area contributed by atoms with Gasteiger partial charge >= 0.3 is 6.01 Å². The first kappa shape index (κ1) is 16.2. The molecule has 0 bridgehead atoms. The fourth-order valence-corrected chi connectivity index (χ4v) is 3.34. The van der Waals surface area contributed by atoms with Gasteiger partial charge in [-0.3, -0.25) is 4.57 Å². The molecule has 0 radical (unpaired) electrons. The molecule has 2 aliphatic rings. The molecule has 1 aliphatic carbocycles. The second-order valence-electron chi connectivity index (χ2n) is 6.35. The predicted molar refractivity (Wildman–Crippen MR) is 84.6 cm³/mol. The molecule has 1 aliphatic heterocycles. The number of carbonyl (C=O) groups is 1. The Kier molecular flexibility index (Phi) is 4.02. The van der Waals surface area contributed by atoms with Gasteiger partial charge in [0.1, 0.15) is 24.4 Å². The maximum Gasteiger partial charge on any atom is 0.320 e. The number of hydrogen-bond acceptors (Lipinski definition) is 9. The predicted octanol–water partition coefficient (Wildman–Crippen LogP) is -0.452. The first-order valence-corrected chi connectivity index (χ1v) is 8.22. The molecular formula is C15H19N5O5. The molecule has 2 aromatic heterocycles. The Balaban J connectivity index is 1.70. The van der Waals surface area contributed by atoms with Crippen LogP contribution in [-0.4, -0.2) is 60.4 Å². The molecule has 2 aromatic rings. The van der Waals surface area contributed by atoms with Gasteiger partial charge in [0.05, 0.1) is 6.33 Å². The first-order valence-electron chi connectivity index (χ1n) is 8.22. The molecule has 1 saturated heterocycles. The topological polar surface area (TPSA) is 146 Å². The van der Waals surface area contributed by atoms with Crippen molar-refractivity contribution in [3.8, 4) is 6.01 Å². The molecule has 0 unspecified atom stereocenters. The van der Waals surface area contributed by atoms with Gasteiger partial charge in [0.25, 0.3) is 0 Å². The highest BCUT2D eigenvalue weighted by Gasteiger charge is 2.44. The SMILES string of the molecule is Nc1nc(OC2CCCC2)nc2c1ncn2[C@@H]1O[C@@H](C=O)[C@@H](O)[C@H]1O. The molecule has 134 valence electrons. The van der Waals surface area contributed by atoms with Crippen LogP contribution in [0, 0.1) is 0 Å². The molecular weight excluding hydrogens is 330 g/mol. The van der Waals surface area contributed by atoms with Crippen LogP contribution < -0.4 is 10.5 Å². The lowest BCUT2D eigenvalue weighted by atomic mass is 10.1. The van der Waals surface area contributed by atoms with Gasteiger partial charge in [0.2, 0.25) is 0 Å². The number of imidazole rings is 1. The molecule has 10 heteroatoms. The van der Waals surface area contributed by atoms with Crippen molar-refractivity contribution < 1.29 is 24.5 Å². The largest absolute Gasteiger partial charge is 0.460 e. The lowest BCUT2D eigenvalue weighted by molar-refractivity contribution is -0.122. The minimum atomic E-state index is -1.33.